The number of thioether (sulfide) groups is 1. The summed E-state index contributed by atoms with van der Waals surface area (Å²) in [6, 6.07) is 9.85. The van der Waals surface area contributed by atoms with Crippen LogP contribution in [0.25, 0.3) is 0 Å². The van der Waals surface area contributed by atoms with Crippen LogP contribution in [-0.2, 0) is 10.5 Å². The Hall–Kier alpha value is -3.27. The summed E-state index contributed by atoms with van der Waals surface area (Å²) in [5.74, 6) is -0.00124. The molecular weight excluding hydrogens is 432 g/mol. The summed E-state index contributed by atoms with van der Waals surface area (Å²) in [6.07, 6.45) is 3.33. The van der Waals surface area contributed by atoms with E-state index >= 15 is 0 Å². The maximum atomic E-state index is 12.6. The molecule has 1 saturated heterocycles. The molecule has 1 aliphatic rings. The van der Waals surface area contributed by atoms with Crippen molar-refractivity contribution in [2.45, 2.75) is 25.0 Å². The number of primary amides is 1. The minimum absolute atomic E-state index is 0.107. The number of anilines is 2. The van der Waals surface area contributed by atoms with E-state index in [0.717, 1.165) is 37.2 Å². The maximum absolute atomic E-state index is 12.6. The molecule has 0 spiro atoms. The molecule has 0 bridgehead atoms. The van der Waals surface area contributed by atoms with Crippen LogP contribution in [0.15, 0.2) is 36.4 Å². The largest absolute Gasteiger partial charge is 0.490 e. The van der Waals surface area contributed by atoms with E-state index in [0.29, 0.717) is 17.0 Å². The lowest BCUT2D eigenvalue weighted by molar-refractivity contribution is -0.385. The molecule has 0 radical (unpaired) electrons. The zero-order valence-electron chi connectivity index (χ0n) is 17.8. The van der Waals surface area contributed by atoms with Gasteiger partial charge in [0.15, 0.2) is 5.75 Å². The Labute approximate surface area is 190 Å². The highest BCUT2D eigenvalue weighted by Gasteiger charge is 2.18. The zero-order valence-corrected chi connectivity index (χ0v) is 18.7. The van der Waals surface area contributed by atoms with Crippen molar-refractivity contribution >= 4 is 40.6 Å². The van der Waals surface area contributed by atoms with E-state index in [4.69, 9.17) is 10.5 Å². The van der Waals surface area contributed by atoms with Crippen molar-refractivity contribution in [1.29, 1.82) is 0 Å². The number of methoxy groups -OCH3 is 1. The Kier molecular flexibility index (Phi) is 7.93. The highest BCUT2D eigenvalue weighted by atomic mass is 32.2. The van der Waals surface area contributed by atoms with Crippen molar-refractivity contribution in [3.8, 4) is 5.75 Å². The predicted octanol–water partition coefficient (Wildman–Crippen LogP) is 3.56. The fraction of sp³-hybridized carbons (Fsp3) is 0.364. The summed E-state index contributed by atoms with van der Waals surface area (Å²) in [5.41, 5.74) is 7.80. The van der Waals surface area contributed by atoms with Gasteiger partial charge >= 0.3 is 5.69 Å². The molecule has 0 aromatic heterocycles. The smallest absolute Gasteiger partial charge is 0.311 e. The third kappa shape index (κ3) is 5.91. The molecule has 3 rings (SSSR count). The molecule has 1 fully saturated rings. The van der Waals surface area contributed by atoms with Gasteiger partial charge in [0.25, 0.3) is 0 Å². The Morgan fingerprint density at radius 3 is 2.59 bits per heavy atom. The number of ether oxygens (including phenoxy) is 1. The van der Waals surface area contributed by atoms with Crippen LogP contribution >= 0.6 is 11.8 Å². The molecule has 1 heterocycles. The second-order valence-electron chi connectivity index (χ2n) is 7.45. The van der Waals surface area contributed by atoms with Gasteiger partial charge in [0, 0.05) is 30.5 Å². The van der Waals surface area contributed by atoms with Crippen LogP contribution in [0.4, 0.5) is 17.1 Å². The Balaban J connectivity index is 1.65. The van der Waals surface area contributed by atoms with Gasteiger partial charge in [-0.15, -0.1) is 11.8 Å². The number of nitro benzene ring substituents is 1. The minimum atomic E-state index is -0.554. The number of hydrogen-bond donors (Lipinski definition) is 2. The average Bonchev–Trinajstić information content (AvgIpc) is 2.79. The number of piperidine rings is 1. The van der Waals surface area contributed by atoms with Crippen molar-refractivity contribution in [3.05, 3.63) is 57.6 Å². The van der Waals surface area contributed by atoms with Crippen LogP contribution in [-0.4, -0.2) is 42.7 Å². The number of nitrogens with two attached hydrogens (primary N) is 1. The number of carbonyl (C=O) groups is 2. The molecular formula is C22H26N4O5S. The van der Waals surface area contributed by atoms with Crippen molar-refractivity contribution in [2.75, 3.05) is 36.2 Å². The van der Waals surface area contributed by atoms with Gasteiger partial charge in [-0.25, -0.2) is 0 Å². The summed E-state index contributed by atoms with van der Waals surface area (Å²) in [5, 5.41) is 14.1. The fourth-order valence-corrected chi connectivity index (χ4v) is 4.39. The number of nitrogens with zero attached hydrogens (tertiary/aromatic N) is 2. The van der Waals surface area contributed by atoms with Crippen LogP contribution in [0.5, 0.6) is 5.75 Å². The molecule has 0 saturated carbocycles. The first-order valence-corrected chi connectivity index (χ1v) is 11.4. The molecule has 2 aromatic rings. The number of rotatable bonds is 9. The number of nitrogens with one attached hydrogen (secondary N) is 1. The molecule has 170 valence electrons. The predicted molar refractivity (Wildman–Crippen MR) is 125 cm³/mol. The van der Waals surface area contributed by atoms with Crippen molar-refractivity contribution in [3.63, 3.8) is 0 Å². The number of nitro groups is 1. The van der Waals surface area contributed by atoms with Crippen LogP contribution < -0.4 is 20.7 Å². The Bertz CT molecular complexity index is 1010. The van der Waals surface area contributed by atoms with Gasteiger partial charge < -0.3 is 20.7 Å². The quantitative estimate of drug-likeness (QED) is 0.434. The summed E-state index contributed by atoms with van der Waals surface area (Å²) < 4.78 is 5.01. The molecule has 32 heavy (non-hydrogen) atoms. The second kappa shape index (κ2) is 10.9. The van der Waals surface area contributed by atoms with Gasteiger partial charge in [0.05, 0.1) is 29.2 Å². The number of amides is 2. The molecule has 0 unspecified atom stereocenters. The maximum Gasteiger partial charge on any atom is 0.311 e. The molecule has 1 aliphatic heterocycles. The summed E-state index contributed by atoms with van der Waals surface area (Å²) in [4.78, 5) is 37.1. The first-order chi connectivity index (χ1) is 15.4. The monoisotopic (exact) mass is 458 g/mol. The molecule has 0 atom stereocenters. The highest BCUT2D eigenvalue weighted by molar-refractivity contribution is 7.99. The molecule has 2 aromatic carbocycles. The van der Waals surface area contributed by atoms with E-state index in [1.165, 1.54) is 31.4 Å². The van der Waals surface area contributed by atoms with E-state index in [-0.39, 0.29) is 23.1 Å². The van der Waals surface area contributed by atoms with E-state index in [2.05, 4.69) is 10.2 Å². The van der Waals surface area contributed by atoms with Crippen LogP contribution in [0, 0.1) is 10.1 Å². The Morgan fingerprint density at radius 2 is 1.94 bits per heavy atom. The van der Waals surface area contributed by atoms with Crippen LogP contribution in [0.3, 0.4) is 0 Å². The van der Waals surface area contributed by atoms with Gasteiger partial charge in [-0.2, -0.15) is 0 Å². The van der Waals surface area contributed by atoms with Crippen LogP contribution in [0.2, 0.25) is 0 Å². The fourth-order valence-electron chi connectivity index (χ4n) is 3.62. The average molecular weight is 459 g/mol. The first kappa shape index (κ1) is 23.4. The van der Waals surface area contributed by atoms with E-state index in [1.54, 1.807) is 24.3 Å². The van der Waals surface area contributed by atoms with Gasteiger partial charge in [-0.3, -0.25) is 19.7 Å². The molecule has 10 heteroatoms. The summed E-state index contributed by atoms with van der Waals surface area (Å²) in [6.45, 7) is 1.79. The number of benzene rings is 2. The number of carbonyl (C=O) groups excluding carboxylic acids is 2. The van der Waals surface area contributed by atoms with Crippen LogP contribution in [0.1, 0.15) is 35.2 Å². The van der Waals surface area contributed by atoms with Crippen molar-refractivity contribution in [1.82, 2.24) is 0 Å². The van der Waals surface area contributed by atoms with Crippen molar-refractivity contribution in [2.24, 2.45) is 5.73 Å². The lowest BCUT2D eigenvalue weighted by Gasteiger charge is -2.30. The summed E-state index contributed by atoms with van der Waals surface area (Å²) >= 11 is 1.34. The van der Waals surface area contributed by atoms with Gasteiger partial charge in [-0.05, 0) is 49.1 Å². The third-order valence-corrected chi connectivity index (χ3v) is 6.20. The minimum Gasteiger partial charge on any atom is -0.490 e. The van der Waals surface area contributed by atoms with E-state index in [9.17, 15) is 19.7 Å². The highest BCUT2D eigenvalue weighted by Crippen LogP contribution is 2.31. The first-order valence-electron chi connectivity index (χ1n) is 10.3. The normalized spacial score (nSPS) is 13.5. The molecule has 3 N–H and O–H groups in total. The number of hydrogen-bond acceptors (Lipinski definition) is 7. The molecule has 9 nitrogen and oxygen atoms in total. The third-order valence-electron chi connectivity index (χ3n) is 5.19. The standard InChI is InChI=1S/C22H26N4O5S/c1-31-20-8-5-15(11-19(20)26(29)30)13-32-14-21(27)24-17-12-16(22(23)28)6-7-18(17)25-9-3-2-4-10-25/h5-8,11-12H,2-4,9-10,13-14H2,1H3,(H2,23,28)(H,24,27). The second-order valence-corrected chi connectivity index (χ2v) is 8.43. The van der Waals surface area contributed by atoms with Crippen molar-refractivity contribution < 1.29 is 19.2 Å². The molecule has 0 aliphatic carbocycles. The van der Waals surface area contributed by atoms with Gasteiger partial charge in [-0.1, -0.05) is 6.07 Å². The zero-order chi connectivity index (χ0) is 23.1. The van der Waals surface area contributed by atoms with E-state index < -0.39 is 10.8 Å². The SMILES string of the molecule is COc1ccc(CSCC(=O)Nc2cc(C(N)=O)ccc2N2CCCCC2)cc1[N+](=O)[O-]. The van der Waals surface area contributed by atoms with Gasteiger partial charge in [0.1, 0.15) is 0 Å². The topological polar surface area (TPSA) is 128 Å². The summed E-state index contributed by atoms with van der Waals surface area (Å²) in [7, 11) is 1.38. The lowest BCUT2D eigenvalue weighted by atomic mass is 10.1. The lowest BCUT2D eigenvalue weighted by Crippen LogP contribution is -2.30. The van der Waals surface area contributed by atoms with E-state index in [1.807, 2.05) is 6.07 Å². The Morgan fingerprint density at radius 1 is 1.19 bits per heavy atom. The van der Waals surface area contributed by atoms with Gasteiger partial charge in [0.2, 0.25) is 11.8 Å². The molecule has 2 amide bonds.